The van der Waals surface area contributed by atoms with Crippen molar-refractivity contribution in [3.63, 3.8) is 0 Å². The molecule has 4 heteroatoms. The first-order valence-corrected chi connectivity index (χ1v) is 6.47. The largest absolute Gasteiger partial charge is 0.478 e. The highest BCUT2D eigenvalue weighted by molar-refractivity contribution is 5.94. The first-order valence-electron chi connectivity index (χ1n) is 6.47. The predicted molar refractivity (Wildman–Crippen MR) is 72.9 cm³/mol. The molecule has 1 aliphatic rings. The van der Waals surface area contributed by atoms with Crippen molar-refractivity contribution >= 4 is 17.3 Å². The number of carbonyl (C=O) groups is 1. The summed E-state index contributed by atoms with van der Waals surface area (Å²) in [6, 6.07) is 5.54. The van der Waals surface area contributed by atoms with E-state index in [4.69, 9.17) is 10.8 Å². The number of nitrogens with one attached hydrogen (secondary N) is 1. The molecule has 1 saturated carbocycles. The van der Waals surface area contributed by atoms with Crippen molar-refractivity contribution in [1.29, 1.82) is 0 Å². The van der Waals surface area contributed by atoms with Crippen LogP contribution in [0.15, 0.2) is 18.2 Å². The zero-order valence-electron chi connectivity index (χ0n) is 10.6. The second-order valence-electron chi connectivity index (χ2n) is 5.12. The number of nitrogen functional groups attached to an aromatic ring is 1. The minimum absolute atomic E-state index is 0.164. The SMILES string of the molecule is CC1CCCCC1Nc1ccc(C(=O)O)c(N)c1. The van der Waals surface area contributed by atoms with E-state index < -0.39 is 5.97 Å². The average Bonchev–Trinajstić information content (AvgIpc) is 2.32. The summed E-state index contributed by atoms with van der Waals surface area (Å²) < 4.78 is 0. The van der Waals surface area contributed by atoms with Gasteiger partial charge in [-0.2, -0.15) is 0 Å². The number of nitrogens with two attached hydrogens (primary N) is 1. The van der Waals surface area contributed by atoms with Gasteiger partial charge in [-0.3, -0.25) is 0 Å². The molecule has 0 saturated heterocycles. The lowest BCUT2D eigenvalue weighted by Gasteiger charge is -2.30. The van der Waals surface area contributed by atoms with Gasteiger partial charge in [-0.1, -0.05) is 19.8 Å². The fourth-order valence-electron chi connectivity index (χ4n) is 2.59. The summed E-state index contributed by atoms with van der Waals surface area (Å²) in [7, 11) is 0. The Hall–Kier alpha value is -1.71. The van der Waals surface area contributed by atoms with Crippen molar-refractivity contribution in [2.75, 3.05) is 11.1 Å². The number of carboxylic acids is 1. The van der Waals surface area contributed by atoms with Gasteiger partial charge in [0.2, 0.25) is 0 Å². The summed E-state index contributed by atoms with van der Waals surface area (Å²) in [6.45, 7) is 2.26. The molecule has 2 unspecified atom stereocenters. The van der Waals surface area contributed by atoms with Gasteiger partial charge >= 0.3 is 5.97 Å². The smallest absolute Gasteiger partial charge is 0.337 e. The second-order valence-corrected chi connectivity index (χ2v) is 5.12. The van der Waals surface area contributed by atoms with Gasteiger partial charge in [0.1, 0.15) is 0 Å². The summed E-state index contributed by atoms with van der Waals surface area (Å²) in [5.74, 6) is -0.329. The van der Waals surface area contributed by atoms with Crippen LogP contribution in [0.4, 0.5) is 11.4 Å². The number of carboxylic acid groups (broad SMARTS) is 1. The standard InChI is InChI=1S/C14H20N2O2/c1-9-4-2-3-5-13(9)16-10-6-7-11(14(17)18)12(15)8-10/h6-9,13,16H,2-5,15H2,1H3,(H,17,18). The van der Waals surface area contributed by atoms with E-state index in [0.717, 1.165) is 5.69 Å². The predicted octanol–water partition coefficient (Wildman–Crippen LogP) is 2.96. The van der Waals surface area contributed by atoms with Gasteiger partial charge in [-0.25, -0.2) is 4.79 Å². The van der Waals surface area contributed by atoms with E-state index >= 15 is 0 Å². The second kappa shape index (κ2) is 5.29. The highest BCUT2D eigenvalue weighted by Crippen LogP contribution is 2.28. The van der Waals surface area contributed by atoms with Crippen LogP contribution in [0.5, 0.6) is 0 Å². The van der Waals surface area contributed by atoms with Crippen LogP contribution in [0.25, 0.3) is 0 Å². The number of benzene rings is 1. The Bertz CT molecular complexity index is 445. The number of hydrogen-bond acceptors (Lipinski definition) is 3. The molecular formula is C14H20N2O2. The fourth-order valence-corrected chi connectivity index (χ4v) is 2.59. The van der Waals surface area contributed by atoms with E-state index in [1.165, 1.54) is 25.7 Å². The maximum Gasteiger partial charge on any atom is 0.337 e. The number of hydrogen-bond donors (Lipinski definition) is 3. The Morgan fingerprint density at radius 2 is 2.11 bits per heavy atom. The normalized spacial score (nSPS) is 23.6. The van der Waals surface area contributed by atoms with Crippen LogP contribution in [0.1, 0.15) is 43.0 Å². The molecule has 2 rings (SSSR count). The number of anilines is 2. The quantitative estimate of drug-likeness (QED) is 0.719. The minimum Gasteiger partial charge on any atom is -0.478 e. The molecule has 1 aromatic carbocycles. The van der Waals surface area contributed by atoms with Gasteiger partial charge < -0.3 is 16.2 Å². The highest BCUT2D eigenvalue weighted by Gasteiger charge is 2.21. The third kappa shape index (κ3) is 2.75. The van der Waals surface area contributed by atoms with E-state index in [1.807, 2.05) is 0 Å². The van der Waals surface area contributed by atoms with Crippen molar-refractivity contribution < 1.29 is 9.90 Å². The van der Waals surface area contributed by atoms with E-state index in [-0.39, 0.29) is 5.56 Å². The molecule has 0 heterocycles. The average molecular weight is 248 g/mol. The molecule has 0 radical (unpaired) electrons. The summed E-state index contributed by atoms with van der Waals surface area (Å²) in [4.78, 5) is 10.9. The molecule has 0 aliphatic heterocycles. The summed E-state index contributed by atoms with van der Waals surface area (Å²) in [6.07, 6.45) is 4.98. The van der Waals surface area contributed by atoms with Crippen LogP contribution in [-0.2, 0) is 0 Å². The van der Waals surface area contributed by atoms with Crippen molar-refractivity contribution in [3.05, 3.63) is 23.8 Å². The molecule has 1 fully saturated rings. The van der Waals surface area contributed by atoms with Gasteiger partial charge in [0, 0.05) is 17.4 Å². The highest BCUT2D eigenvalue weighted by atomic mass is 16.4. The molecule has 98 valence electrons. The maximum absolute atomic E-state index is 10.9. The Morgan fingerprint density at radius 1 is 1.39 bits per heavy atom. The zero-order valence-corrected chi connectivity index (χ0v) is 10.6. The van der Waals surface area contributed by atoms with Crippen LogP contribution in [-0.4, -0.2) is 17.1 Å². The minimum atomic E-state index is -0.981. The Balaban J connectivity index is 2.10. The van der Waals surface area contributed by atoms with Gasteiger partial charge in [-0.05, 0) is 37.0 Å². The Labute approximate surface area is 107 Å². The first kappa shape index (κ1) is 12.7. The van der Waals surface area contributed by atoms with E-state index in [2.05, 4.69) is 12.2 Å². The van der Waals surface area contributed by atoms with Gasteiger partial charge in [0.05, 0.1) is 5.56 Å². The fraction of sp³-hybridized carbons (Fsp3) is 0.500. The van der Waals surface area contributed by atoms with Crippen molar-refractivity contribution in [2.45, 2.75) is 38.6 Å². The van der Waals surface area contributed by atoms with E-state index in [1.54, 1.807) is 18.2 Å². The third-order valence-electron chi connectivity index (χ3n) is 3.75. The lowest BCUT2D eigenvalue weighted by molar-refractivity contribution is 0.0698. The molecule has 0 aromatic heterocycles. The molecule has 4 N–H and O–H groups in total. The van der Waals surface area contributed by atoms with E-state index in [0.29, 0.717) is 17.6 Å². The molecular weight excluding hydrogens is 228 g/mol. The van der Waals surface area contributed by atoms with E-state index in [9.17, 15) is 4.79 Å². The van der Waals surface area contributed by atoms with Crippen LogP contribution in [0, 0.1) is 5.92 Å². The lowest BCUT2D eigenvalue weighted by atomic mass is 9.86. The Morgan fingerprint density at radius 3 is 2.72 bits per heavy atom. The van der Waals surface area contributed by atoms with Crippen LogP contribution >= 0.6 is 0 Å². The summed E-state index contributed by atoms with van der Waals surface area (Å²) in [5.41, 5.74) is 7.13. The van der Waals surface area contributed by atoms with Gasteiger partial charge in [-0.15, -0.1) is 0 Å². The lowest BCUT2D eigenvalue weighted by Crippen LogP contribution is -2.30. The topological polar surface area (TPSA) is 75.3 Å². The van der Waals surface area contributed by atoms with Crippen LogP contribution in [0.3, 0.4) is 0 Å². The molecule has 1 aromatic rings. The molecule has 1 aliphatic carbocycles. The molecule has 0 spiro atoms. The Kier molecular flexibility index (Phi) is 3.75. The number of aromatic carboxylic acids is 1. The molecule has 0 bridgehead atoms. The maximum atomic E-state index is 10.9. The summed E-state index contributed by atoms with van der Waals surface area (Å²) in [5, 5.41) is 12.4. The van der Waals surface area contributed by atoms with Gasteiger partial charge in [0.25, 0.3) is 0 Å². The van der Waals surface area contributed by atoms with Crippen molar-refractivity contribution in [3.8, 4) is 0 Å². The van der Waals surface area contributed by atoms with Crippen molar-refractivity contribution in [2.24, 2.45) is 5.92 Å². The van der Waals surface area contributed by atoms with Crippen LogP contribution < -0.4 is 11.1 Å². The zero-order chi connectivity index (χ0) is 13.1. The van der Waals surface area contributed by atoms with Gasteiger partial charge in [0.15, 0.2) is 0 Å². The third-order valence-corrected chi connectivity index (χ3v) is 3.75. The molecule has 18 heavy (non-hydrogen) atoms. The summed E-state index contributed by atoms with van der Waals surface area (Å²) >= 11 is 0. The molecule has 0 amide bonds. The van der Waals surface area contributed by atoms with Crippen molar-refractivity contribution in [1.82, 2.24) is 0 Å². The monoisotopic (exact) mass is 248 g/mol. The molecule has 4 nitrogen and oxygen atoms in total. The first-order chi connectivity index (χ1) is 8.58. The van der Waals surface area contributed by atoms with Crippen LogP contribution in [0.2, 0.25) is 0 Å². The molecule has 2 atom stereocenters. The number of rotatable bonds is 3.